The molecule has 0 aliphatic rings. The summed E-state index contributed by atoms with van der Waals surface area (Å²) in [6.45, 7) is 0. The van der Waals surface area contributed by atoms with Gasteiger partial charge in [0.25, 0.3) is 0 Å². The number of hydrogen-bond acceptors (Lipinski definition) is 2. The summed E-state index contributed by atoms with van der Waals surface area (Å²) in [5.41, 5.74) is -0.925. The molecule has 0 aliphatic carbocycles. The van der Waals surface area contributed by atoms with Gasteiger partial charge >= 0.3 is 6.18 Å². The van der Waals surface area contributed by atoms with Crippen molar-refractivity contribution < 1.29 is 22.0 Å². The van der Waals surface area contributed by atoms with E-state index in [-0.39, 0.29) is 9.45 Å². The van der Waals surface area contributed by atoms with Gasteiger partial charge in [-0.1, -0.05) is 0 Å². The lowest BCUT2D eigenvalue weighted by molar-refractivity contribution is -0.138. The molecule has 1 heterocycles. The van der Waals surface area contributed by atoms with Crippen molar-refractivity contribution in [3.63, 3.8) is 0 Å². The summed E-state index contributed by atoms with van der Waals surface area (Å²) < 4.78 is 61.5. The summed E-state index contributed by atoms with van der Waals surface area (Å²) in [5.74, 6) is -0.364. The van der Waals surface area contributed by atoms with E-state index in [0.29, 0.717) is 6.20 Å². The first-order valence-corrected chi connectivity index (χ1v) is 4.09. The van der Waals surface area contributed by atoms with Crippen molar-refractivity contribution in [2.45, 2.75) is 6.18 Å². The minimum Gasteiger partial charge on any atom is -0.481 e. The SMILES string of the molecule is [2H]C([2H])([2H])Oc1cc(I)c(C(F)(F)F)cn1. The second-order valence-corrected chi connectivity index (χ2v) is 3.26. The standard InChI is InChI=1S/C7H5F3INO/c1-13-6-2-5(11)4(3-12-6)7(8,9)10/h2-3H,1H3/i1D3. The van der Waals surface area contributed by atoms with Crippen molar-refractivity contribution >= 4 is 22.6 Å². The van der Waals surface area contributed by atoms with E-state index in [2.05, 4.69) is 9.72 Å². The molecular formula is C7H5F3INO. The molecule has 0 saturated carbocycles. The normalized spacial score (nSPS) is 15.8. The Kier molecular flexibility index (Phi) is 1.94. The number of rotatable bonds is 1. The molecule has 2 nitrogen and oxygen atoms in total. The predicted octanol–water partition coefficient (Wildman–Crippen LogP) is 2.71. The van der Waals surface area contributed by atoms with E-state index in [1.807, 2.05) is 0 Å². The van der Waals surface area contributed by atoms with E-state index >= 15 is 0 Å². The van der Waals surface area contributed by atoms with Crippen molar-refractivity contribution in [1.82, 2.24) is 4.98 Å². The average Bonchev–Trinajstić information content (AvgIpc) is 1.97. The number of hydrogen-bond donors (Lipinski definition) is 0. The molecule has 0 atom stereocenters. The third-order valence-corrected chi connectivity index (χ3v) is 2.13. The Morgan fingerprint density at radius 3 is 2.77 bits per heavy atom. The van der Waals surface area contributed by atoms with E-state index in [0.717, 1.165) is 6.07 Å². The second-order valence-electron chi connectivity index (χ2n) is 2.10. The van der Waals surface area contributed by atoms with Crippen molar-refractivity contribution in [2.75, 3.05) is 7.04 Å². The quantitative estimate of drug-likeness (QED) is 0.744. The molecule has 1 aromatic rings. The van der Waals surface area contributed by atoms with Gasteiger partial charge in [0.05, 0.1) is 16.7 Å². The maximum absolute atomic E-state index is 12.3. The summed E-state index contributed by atoms with van der Waals surface area (Å²) in [5, 5.41) is 0. The zero-order valence-electron chi connectivity index (χ0n) is 9.02. The minimum atomic E-state index is -4.51. The first-order chi connectivity index (χ1) is 7.09. The molecule has 0 N–H and O–H groups in total. The lowest BCUT2D eigenvalue weighted by atomic mass is 10.3. The Bertz CT molecular complexity index is 393. The number of aromatic nitrogens is 1. The number of halogens is 4. The monoisotopic (exact) mass is 306 g/mol. The summed E-state index contributed by atoms with van der Waals surface area (Å²) in [6.07, 6.45) is -3.97. The van der Waals surface area contributed by atoms with Gasteiger partial charge in [-0.2, -0.15) is 13.2 Å². The highest BCUT2D eigenvalue weighted by molar-refractivity contribution is 14.1. The highest BCUT2D eigenvalue weighted by Crippen LogP contribution is 2.33. The summed E-state index contributed by atoms with van der Waals surface area (Å²) >= 11 is 1.44. The smallest absolute Gasteiger partial charge is 0.418 e. The fraction of sp³-hybridized carbons (Fsp3) is 0.286. The number of ether oxygens (including phenoxy) is 1. The molecule has 72 valence electrons. The minimum absolute atomic E-state index is 0.167. The van der Waals surface area contributed by atoms with Crippen molar-refractivity contribution in [3.05, 3.63) is 21.4 Å². The predicted molar refractivity (Wildman–Crippen MR) is 48.5 cm³/mol. The Hall–Kier alpha value is -0.530. The van der Waals surface area contributed by atoms with E-state index in [1.165, 1.54) is 22.6 Å². The van der Waals surface area contributed by atoms with Crippen LogP contribution in [0.25, 0.3) is 0 Å². The molecule has 0 bridgehead atoms. The van der Waals surface area contributed by atoms with Crippen LogP contribution in [0, 0.1) is 3.57 Å². The Labute approximate surface area is 90.5 Å². The highest BCUT2D eigenvalue weighted by Gasteiger charge is 2.33. The Morgan fingerprint density at radius 1 is 1.62 bits per heavy atom. The van der Waals surface area contributed by atoms with Crippen LogP contribution in [0.15, 0.2) is 12.3 Å². The van der Waals surface area contributed by atoms with Gasteiger partial charge in [-0.3, -0.25) is 0 Å². The fourth-order valence-electron chi connectivity index (χ4n) is 0.678. The van der Waals surface area contributed by atoms with Gasteiger partial charge in [0.2, 0.25) is 5.88 Å². The van der Waals surface area contributed by atoms with Crippen LogP contribution < -0.4 is 4.74 Å². The van der Waals surface area contributed by atoms with Gasteiger partial charge in [-0.15, -0.1) is 0 Å². The number of pyridine rings is 1. The summed E-state index contributed by atoms with van der Waals surface area (Å²) in [6, 6.07) is 0.926. The average molecular weight is 306 g/mol. The number of nitrogens with zero attached hydrogens (tertiary/aromatic N) is 1. The molecule has 0 saturated heterocycles. The van der Waals surface area contributed by atoms with Crippen LogP contribution in [0.2, 0.25) is 0 Å². The van der Waals surface area contributed by atoms with E-state index < -0.39 is 18.8 Å². The first kappa shape index (κ1) is 6.86. The molecule has 0 radical (unpaired) electrons. The zero-order chi connectivity index (χ0) is 12.6. The summed E-state index contributed by atoms with van der Waals surface area (Å²) in [7, 11) is -2.73. The van der Waals surface area contributed by atoms with Gasteiger partial charge in [0.1, 0.15) is 0 Å². The van der Waals surface area contributed by atoms with Crippen LogP contribution >= 0.6 is 22.6 Å². The van der Waals surface area contributed by atoms with Gasteiger partial charge in [-0.05, 0) is 22.6 Å². The first-order valence-electron chi connectivity index (χ1n) is 4.51. The molecule has 1 aromatic heterocycles. The van der Waals surface area contributed by atoms with Crippen LogP contribution in [0.4, 0.5) is 13.2 Å². The molecular weight excluding hydrogens is 298 g/mol. The maximum atomic E-state index is 12.3. The van der Waals surface area contributed by atoms with Crippen molar-refractivity contribution in [3.8, 4) is 5.88 Å². The van der Waals surface area contributed by atoms with Crippen LogP contribution in [-0.4, -0.2) is 12.0 Å². The van der Waals surface area contributed by atoms with Gasteiger partial charge in [0.15, 0.2) is 0 Å². The van der Waals surface area contributed by atoms with Crippen LogP contribution in [-0.2, 0) is 6.18 Å². The third kappa shape index (κ3) is 2.45. The zero-order valence-corrected chi connectivity index (χ0v) is 8.18. The Morgan fingerprint density at radius 2 is 2.31 bits per heavy atom. The van der Waals surface area contributed by atoms with Crippen LogP contribution in [0.1, 0.15) is 9.68 Å². The van der Waals surface area contributed by atoms with Crippen LogP contribution in [0.5, 0.6) is 5.88 Å². The molecule has 0 aromatic carbocycles. The molecule has 13 heavy (non-hydrogen) atoms. The van der Waals surface area contributed by atoms with E-state index in [1.54, 1.807) is 0 Å². The van der Waals surface area contributed by atoms with E-state index in [4.69, 9.17) is 4.11 Å². The molecule has 0 unspecified atom stereocenters. The van der Waals surface area contributed by atoms with Crippen LogP contribution in [0.3, 0.4) is 0 Å². The summed E-state index contributed by atoms with van der Waals surface area (Å²) in [4.78, 5) is 3.28. The largest absolute Gasteiger partial charge is 0.481 e. The molecule has 1 rings (SSSR count). The maximum Gasteiger partial charge on any atom is 0.418 e. The molecule has 0 fully saturated rings. The molecule has 0 spiro atoms. The molecule has 6 heteroatoms. The topological polar surface area (TPSA) is 22.1 Å². The second kappa shape index (κ2) is 3.69. The molecule has 0 aliphatic heterocycles. The van der Waals surface area contributed by atoms with Gasteiger partial charge < -0.3 is 4.74 Å². The molecule has 0 amide bonds. The third-order valence-electron chi connectivity index (χ3n) is 1.24. The highest BCUT2D eigenvalue weighted by atomic mass is 127. The van der Waals surface area contributed by atoms with Gasteiger partial charge in [-0.25, -0.2) is 4.98 Å². The van der Waals surface area contributed by atoms with E-state index in [9.17, 15) is 13.2 Å². The van der Waals surface area contributed by atoms with Crippen molar-refractivity contribution in [2.24, 2.45) is 0 Å². The lowest BCUT2D eigenvalue weighted by Crippen LogP contribution is -2.08. The van der Waals surface area contributed by atoms with Crippen molar-refractivity contribution in [1.29, 1.82) is 0 Å². The number of alkyl halides is 3. The number of methoxy groups -OCH3 is 1. The Balaban J connectivity index is 3.01. The lowest BCUT2D eigenvalue weighted by Gasteiger charge is -2.08. The van der Waals surface area contributed by atoms with Gasteiger partial charge in [0, 0.05) is 15.8 Å². The fourth-order valence-corrected chi connectivity index (χ4v) is 1.39.